The van der Waals surface area contributed by atoms with E-state index in [9.17, 15) is 19.8 Å². The number of carboxylic acid groups (broad SMARTS) is 1. The molecule has 0 aliphatic rings. The van der Waals surface area contributed by atoms with Gasteiger partial charge in [0.2, 0.25) is 0 Å². The minimum absolute atomic E-state index is 0.581. The monoisotopic (exact) mass is 294 g/mol. The summed E-state index contributed by atoms with van der Waals surface area (Å²) < 4.78 is 5.12. The second-order valence-corrected chi connectivity index (χ2v) is 5.68. The highest BCUT2D eigenvalue weighted by atomic mass is 16.6. The highest BCUT2D eigenvalue weighted by Crippen LogP contribution is 2.20. The number of rotatable bonds is 5. The summed E-state index contributed by atoms with van der Waals surface area (Å²) in [6.45, 7) is 5.13. The Hall–Kier alpha value is -2.08. The van der Waals surface area contributed by atoms with Crippen molar-refractivity contribution in [2.24, 2.45) is 0 Å². The van der Waals surface area contributed by atoms with Crippen LogP contribution in [0.2, 0.25) is 0 Å². The van der Waals surface area contributed by atoms with Crippen LogP contribution in [0.4, 0.5) is 4.79 Å². The molecule has 1 amide bonds. The van der Waals surface area contributed by atoms with Gasteiger partial charge in [-0.05, 0) is 26.3 Å². The molecule has 0 bridgehead atoms. The number of carbonyl (C=O) groups is 2. The van der Waals surface area contributed by atoms with E-state index in [1.165, 1.54) is 0 Å². The summed E-state index contributed by atoms with van der Waals surface area (Å²) in [6.07, 6.45) is -2.63. The zero-order valence-electron chi connectivity index (χ0n) is 12.3. The number of aliphatic carboxylic acids is 1. The van der Waals surface area contributed by atoms with Gasteiger partial charge in [0.05, 0.1) is 12.1 Å². The van der Waals surface area contributed by atoms with E-state index in [1.54, 1.807) is 51.1 Å². The lowest BCUT2D eigenvalue weighted by atomic mass is 9.99. The molecule has 0 aliphatic heterocycles. The first kappa shape index (κ1) is 17.0. The summed E-state index contributed by atoms with van der Waals surface area (Å²) in [5, 5.41) is 23.1. The molecule has 0 aliphatic carbocycles. The molecule has 21 heavy (non-hydrogen) atoms. The predicted octanol–water partition coefficient (Wildman–Crippen LogP) is 0.753. The molecule has 0 aromatic heterocycles. The Bertz CT molecular complexity index is 481. The number of carbonyl (C=O) groups excluding carboxylic acids is 2. The van der Waals surface area contributed by atoms with Gasteiger partial charge in [0.15, 0.2) is 0 Å². The maximum absolute atomic E-state index is 11.8. The maximum Gasteiger partial charge on any atom is 0.408 e. The Labute approximate surface area is 123 Å². The van der Waals surface area contributed by atoms with Crippen molar-refractivity contribution in [1.29, 1.82) is 0 Å². The highest BCUT2D eigenvalue weighted by Gasteiger charge is 2.26. The molecule has 0 radical (unpaired) electrons. The molecule has 6 nitrogen and oxygen atoms in total. The van der Waals surface area contributed by atoms with Crippen molar-refractivity contribution in [2.45, 2.75) is 44.9 Å². The highest BCUT2D eigenvalue weighted by molar-refractivity contribution is 5.69. The topological polar surface area (TPSA) is 98.7 Å². The van der Waals surface area contributed by atoms with Crippen LogP contribution in [-0.2, 0) is 9.53 Å². The molecule has 0 unspecified atom stereocenters. The summed E-state index contributed by atoms with van der Waals surface area (Å²) in [7, 11) is 0. The quantitative estimate of drug-likeness (QED) is 0.835. The first-order valence-corrected chi connectivity index (χ1v) is 6.61. The smallest absolute Gasteiger partial charge is 0.408 e. The SMILES string of the molecule is CC(C)(C)OC(=O)N[C@@H](c1ccccc1)[C@@H](O)CC(=O)[O-]. The van der Waals surface area contributed by atoms with Crippen LogP contribution in [0.3, 0.4) is 0 Å². The number of aliphatic hydroxyl groups is 1. The van der Waals surface area contributed by atoms with Crippen LogP contribution >= 0.6 is 0 Å². The summed E-state index contributed by atoms with van der Waals surface area (Å²) in [5.74, 6) is -1.39. The van der Waals surface area contributed by atoms with E-state index in [-0.39, 0.29) is 0 Å². The van der Waals surface area contributed by atoms with Crippen LogP contribution in [0.15, 0.2) is 30.3 Å². The Kier molecular flexibility index (Phi) is 5.72. The average molecular weight is 294 g/mol. The molecule has 0 saturated carbocycles. The normalized spacial score (nSPS) is 14.1. The Morgan fingerprint density at radius 2 is 1.86 bits per heavy atom. The Morgan fingerprint density at radius 3 is 2.33 bits per heavy atom. The lowest BCUT2D eigenvalue weighted by Crippen LogP contribution is -2.41. The first-order valence-electron chi connectivity index (χ1n) is 6.61. The zero-order valence-corrected chi connectivity index (χ0v) is 12.3. The van der Waals surface area contributed by atoms with E-state index >= 15 is 0 Å². The van der Waals surface area contributed by atoms with Crippen molar-refractivity contribution in [3.8, 4) is 0 Å². The molecule has 116 valence electrons. The molecule has 0 spiro atoms. The van der Waals surface area contributed by atoms with E-state index in [4.69, 9.17) is 4.74 Å². The average Bonchev–Trinajstić information content (AvgIpc) is 2.34. The van der Waals surface area contributed by atoms with E-state index < -0.39 is 36.2 Å². The number of hydrogen-bond acceptors (Lipinski definition) is 5. The fraction of sp³-hybridized carbons (Fsp3) is 0.467. The molecular weight excluding hydrogens is 274 g/mol. The number of ether oxygens (including phenoxy) is 1. The standard InChI is InChI=1S/C15H21NO5/c1-15(2,3)21-14(20)16-13(11(17)9-12(18)19)10-7-5-4-6-8-10/h4-8,11,13,17H,9H2,1-3H3,(H,16,20)(H,18,19)/p-1/t11-,13-/m0/s1. The second-order valence-electron chi connectivity index (χ2n) is 5.68. The minimum atomic E-state index is -1.39. The van der Waals surface area contributed by atoms with E-state index in [0.717, 1.165) is 0 Å². The van der Waals surface area contributed by atoms with Gasteiger partial charge in [-0.25, -0.2) is 4.79 Å². The molecule has 0 heterocycles. The Morgan fingerprint density at radius 1 is 1.29 bits per heavy atom. The van der Waals surface area contributed by atoms with Crippen LogP contribution in [0.5, 0.6) is 0 Å². The summed E-state index contributed by atoms with van der Waals surface area (Å²) >= 11 is 0. The number of carboxylic acids is 1. The zero-order chi connectivity index (χ0) is 16.0. The lowest BCUT2D eigenvalue weighted by Gasteiger charge is -2.27. The fourth-order valence-corrected chi connectivity index (χ4v) is 1.79. The van der Waals surface area contributed by atoms with Crippen molar-refractivity contribution in [2.75, 3.05) is 0 Å². The minimum Gasteiger partial charge on any atom is -0.550 e. The van der Waals surface area contributed by atoms with Crippen LogP contribution in [0, 0.1) is 0 Å². The van der Waals surface area contributed by atoms with Gasteiger partial charge in [-0.3, -0.25) is 0 Å². The number of amides is 1. The number of hydrogen-bond donors (Lipinski definition) is 2. The van der Waals surface area contributed by atoms with Gasteiger partial charge < -0.3 is 25.1 Å². The van der Waals surface area contributed by atoms with Crippen molar-refractivity contribution < 1.29 is 24.5 Å². The molecule has 0 fully saturated rings. The molecule has 6 heteroatoms. The van der Waals surface area contributed by atoms with E-state index in [1.807, 2.05) is 0 Å². The van der Waals surface area contributed by atoms with E-state index in [2.05, 4.69) is 5.32 Å². The number of aliphatic hydroxyl groups excluding tert-OH is 1. The third kappa shape index (κ3) is 6.27. The third-order valence-electron chi connectivity index (χ3n) is 2.59. The van der Waals surface area contributed by atoms with Gasteiger partial charge in [0, 0.05) is 12.4 Å². The largest absolute Gasteiger partial charge is 0.550 e. The van der Waals surface area contributed by atoms with Crippen molar-refractivity contribution in [3.05, 3.63) is 35.9 Å². The van der Waals surface area contributed by atoms with Gasteiger partial charge in [-0.1, -0.05) is 30.3 Å². The molecule has 1 aromatic carbocycles. The van der Waals surface area contributed by atoms with Gasteiger partial charge in [-0.2, -0.15) is 0 Å². The maximum atomic E-state index is 11.8. The predicted molar refractivity (Wildman–Crippen MR) is 74.2 cm³/mol. The van der Waals surface area contributed by atoms with Gasteiger partial charge in [-0.15, -0.1) is 0 Å². The third-order valence-corrected chi connectivity index (χ3v) is 2.59. The summed E-state index contributed by atoms with van der Waals surface area (Å²) in [5.41, 5.74) is -0.109. The first-order chi connectivity index (χ1) is 9.69. The van der Waals surface area contributed by atoms with Crippen LogP contribution in [-0.4, -0.2) is 28.9 Å². The summed E-state index contributed by atoms with van der Waals surface area (Å²) in [4.78, 5) is 22.5. The molecule has 1 aromatic rings. The molecule has 2 atom stereocenters. The Balaban J connectivity index is 2.87. The molecular formula is C15H20NO5-. The second kappa shape index (κ2) is 7.08. The molecule has 2 N–H and O–H groups in total. The van der Waals surface area contributed by atoms with Crippen LogP contribution < -0.4 is 10.4 Å². The van der Waals surface area contributed by atoms with Gasteiger partial charge in [0.1, 0.15) is 5.60 Å². The van der Waals surface area contributed by atoms with Gasteiger partial charge in [0.25, 0.3) is 0 Å². The molecule has 1 rings (SSSR count). The summed E-state index contributed by atoms with van der Waals surface area (Å²) in [6, 6.07) is 7.70. The molecule has 0 saturated heterocycles. The number of alkyl carbamates (subject to hydrolysis) is 1. The number of nitrogens with one attached hydrogen (secondary N) is 1. The van der Waals surface area contributed by atoms with Crippen LogP contribution in [0.1, 0.15) is 38.8 Å². The van der Waals surface area contributed by atoms with Gasteiger partial charge >= 0.3 is 6.09 Å². The van der Waals surface area contributed by atoms with Crippen molar-refractivity contribution in [3.63, 3.8) is 0 Å². The fourth-order valence-electron chi connectivity index (χ4n) is 1.79. The van der Waals surface area contributed by atoms with Crippen LogP contribution in [0.25, 0.3) is 0 Å². The lowest BCUT2D eigenvalue weighted by molar-refractivity contribution is -0.307. The van der Waals surface area contributed by atoms with Crippen molar-refractivity contribution >= 4 is 12.1 Å². The number of benzene rings is 1. The van der Waals surface area contributed by atoms with Crippen molar-refractivity contribution in [1.82, 2.24) is 5.32 Å². The van der Waals surface area contributed by atoms with E-state index in [0.29, 0.717) is 5.56 Å².